The van der Waals surface area contributed by atoms with Crippen molar-refractivity contribution in [3.05, 3.63) is 24.0 Å². The molecule has 4 fully saturated rings. The summed E-state index contributed by atoms with van der Waals surface area (Å²) >= 11 is 0. The maximum Gasteiger partial charge on any atom is 0.387 e. The van der Waals surface area contributed by atoms with Crippen LogP contribution in [0.15, 0.2) is 18.3 Å². The Morgan fingerprint density at radius 1 is 1.06 bits per heavy atom. The number of hydrogen-bond donors (Lipinski definition) is 1. The molecule has 178 valence electrons. The fourth-order valence-corrected chi connectivity index (χ4v) is 6.86. The summed E-state index contributed by atoms with van der Waals surface area (Å²) in [4.78, 5) is 9.36. The zero-order valence-corrected chi connectivity index (χ0v) is 19.4. The van der Waals surface area contributed by atoms with Crippen LogP contribution in [0.25, 0.3) is 11.3 Å². The zero-order chi connectivity index (χ0) is 23.0. The first-order chi connectivity index (χ1) is 15.8. The Morgan fingerprint density at radius 2 is 1.82 bits per heavy atom. The molecule has 0 amide bonds. The minimum Gasteiger partial charge on any atom is -0.431 e. The van der Waals surface area contributed by atoms with Crippen LogP contribution < -0.4 is 10.5 Å². The molecular weight excluding hydrogens is 426 g/mol. The van der Waals surface area contributed by atoms with Gasteiger partial charge in [-0.15, -0.1) is 0 Å². The lowest BCUT2D eigenvalue weighted by Gasteiger charge is -2.37. The molecule has 0 radical (unpaired) electrons. The monoisotopic (exact) mass is 458 g/mol. The van der Waals surface area contributed by atoms with E-state index in [1.54, 1.807) is 6.20 Å². The Morgan fingerprint density at radius 3 is 2.42 bits per heavy atom. The number of likely N-dealkylation sites (N-methyl/N-ethyl adjacent to an activating group) is 1. The molecule has 9 heteroatoms. The van der Waals surface area contributed by atoms with Crippen molar-refractivity contribution in [2.75, 3.05) is 25.9 Å². The number of hydrogen-bond acceptors (Lipinski definition) is 6. The van der Waals surface area contributed by atoms with Crippen LogP contribution >= 0.6 is 0 Å². The van der Waals surface area contributed by atoms with E-state index in [4.69, 9.17) is 10.8 Å². The summed E-state index contributed by atoms with van der Waals surface area (Å²) in [7, 11) is 2.26. The van der Waals surface area contributed by atoms with Crippen molar-refractivity contribution < 1.29 is 13.5 Å². The SMILES string of the molecule is CC(C)n1nc(-c2cnc(N)c(OC(F)F)c2)cc1C1C2CC(N3CC4CC3CN4C)CC21. The minimum absolute atomic E-state index is 0.0489. The highest BCUT2D eigenvalue weighted by Gasteiger charge is 2.60. The average molecular weight is 459 g/mol. The lowest BCUT2D eigenvalue weighted by atomic mass is 10.0. The van der Waals surface area contributed by atoms with Gasteiger partial charge in [-0.25, -0.2) is 4.98 Å². The van der Waals surface area contributed by atoms with Crippen molar-refractivity contribution >= 4 is 5.82 Å². The molecule has 4 atom stereocenters. The van der Waals surface area contributed by atoms with Crippen molar-refractivity contribution in [2.45, 2.75) is 69.8 Å². The van der Waals surface area contributed by atoms with Gasteiger partial charge in [0, 0.05) is 60.6 Å². The Labute approximate surface area is 192 Å². The van der Waals surface area contributed by atoms with Crippen molar-refractivity contribution in [1.29, 1.82) is 0 Å². The van der Waals surface area contributed by atoms with Crippen molar-refractivity contribution in [1.82, 2.24) is 24.6 Å². The van der Waals surface area contributed by atoms with E-state index in [2.05, 4.69) is 51.2 Å². The van der Waals surface area contributed by atoms with Crippen molar-refractivity contribution in [3.63, 3.8) is 0 Å². The van der Waals surface area contributed by atoms with E-state index in [0.29, 0.717) is 11.5 Å². The van der Waals surface area contributed by atoms with Gasteiger partial charge < -0.3 is 15.4 Å². The number of anilines is 1. The first kappa shape index (κ1) is 21.3. The number of likely N-dealkylation sites (tertiary alicyclic amines) is 2. The minimum atomic E-state index is -2.95. The summed E-state index contributed by atoms with van der Waals surface area (Å²) in [6.07, 6.45) is 5.46. The molecule has 2 aliphatic carbocycles. The molecule has 2 aliphatic heterocycles. The molecule has 2 saturated carbocycles. The molecular formula is C24H32F2N6O. The van der Waals surface area contributed by atoms with E-state index >= 15 is 0 Å². The number of pyridine rings is 1. The molecule has 6 rings (SSSR count). The van der Waals surface area contributed by atoms with Gasteiger partial charge in [-0.2, -0.15) is 13.9 Å². The maximum absolute atomic E-state index is 12.7. The molecule has 2 saturated heterocycles. The number of ether oxygens (including phenoxy) is 1. The Bertz CT molecular complexity index is 1040. The van der Waals surface area contributed by atoms with E-state index in [-0.39, 0.29) is 17.6 Å². The van der Waals surface area contributed by atoms with Crippen LogP contribution in [0, 0.1) is 11.8 Å². The van der Waals surface area contributed by atoms with Crippen LogP contribution in [0.4, 0.5) is 14.6 Å². The summed E-state index contributed by atoms with van der Waals surface area (Å²) in [6, 6.07) is 6.06. The summed E-state index contributed by atoms with van der Waals surface area (Å²) in [6.45, 7) is 3.77. The lowest BCUT2D eigenvalue weighted by molar-refractivity contribution is -0.0494. The second-order valence-electron chi connectivity index (χ2n) is 10.6. The molecule has 4 unspecified atom stereocenters. The molecule has 0 spiro atoms. The van der Waals surface area contributed by atoms with Gasteiger partial charge in [-0.3, -0.25) is 9.58 Å². The number of piperazine rings is 1. The molecule has 2 bridgehead atoms. The third-order valence-corrected chi connectivity index (χ3v) is 8.43. The van der Waals surface area contributed by atoms with Gasteiger partial charge in [0.25, 0.3) is 0 Å². The zero-order valence-electron chi connectivity index (χ0n) is 19.4. The standard InChI is InChI=1S/C24H32F2N6O/c1-12(2)32-20(8-19(29-32)13-4-21(33-24(25)26)23(27)28-9-13)22-17-6-14(7-18(17)22)31-11-15-5-16(31)10-30(15)3/h4,8-9,12,14-18,22,24H,5-7,10-11H2,1-3H3,(H2,27,28). The van der Waals surface area contributed by atoms with E-state index in [1.807, 2.05) is 0 Å². The highest BCUT2D eigenvalue weighted by atomic mass is 19.3. The normalized spacial score (nSPS) is 33.4. The second-order valence-corrected chi connectivity index (χ2v) is 10.6. The lowest BCUT2D eigenvalue weighted by Crippen LogP contribution is -2.48. The third kappa shape index (κ3) is 3.51. The van der Waals surface area contributed by atoms with E-state index in [9.17, 15) is 8.78 Å². The largest absolute Gasteiger partial charge is 0.431 e. The van der Waals surface area contributed by atoms with Crippen molar-refractivity contribution in [3.8, 4) is 17.0 Å². The van der Waals surface area contributed by atoms with Crippen LogP contribution in [-0.2, 0) is 0 Å². The average Bonchev–Trinajstić information content (AvgIpc) is 3.29. The summed E-state index contributed by atoms with van der Waals surface area (Å²) in [5.74, 6) is 1.81. The van der Waals surface area contributed by atoms with Gasteiger partial charge in [0.1, 0.15) is 0 Å². The smallest absolute Gasteiger partial charge is 0.387 e. The first-order valence-corrected chi connectivity index (χ1v) is 12.1. The maximum atomic E-state index is 12.7. The van der Waals surface area contributed by atoms with E-state index < -0.39 is 6.61 Å². The molecule has 4 heterocycles. The highest BCUT2D eigenvalue weighted by molar-refractivity contribution is 5.64. The molecule has 33 heavy (non-hydrogen) atoms. The van der Waals surface area contributed by atoms with Gasteiger partial charge in [0.05, 0.1) is 5.69 Å². The quantitative estimate of drug-likeness (QED) is 0.713. The van der Waals surface area contributed by atoms with Crippen molar-refractivity contribution in [2.24, 2.45) is 11.8 Å². The fourth-order valence-electron chi connectivity index (χ4n) is 6.86. The Balaban J connectivity index is 1.20. The number of rotatable bonds is 6. The van der Waals surface area contributed by atoms with Crippen LogP contribution in [0.3, 0.4) is 0 Å². The molecule has 2 aromatic rings. The highest BCUT2D eigenvalue weighted by Crippen LogP contribution is 2.64. The van der Waals surface area contributed by atoms with Gasteiger partial charge >= 0.3 is 6.61 Å². The van der Waals surface area contributed by atoms with E-state index in [0.717, 1.165) is 35.7 Å². The number of nitrogens with two attached hydrogens (primary N) is 1. The topological polar surface area (TPSA) is 72.4 Å². The van der Waals surface area contributed by atoms with Crippen LogP contribution in [0.5, 0.6) is 5.75 Å². The Hall–Kier alpha value is -2.26. The predicted octanol–water partition coefficient (Wildman–Crippen LogP) is 3.59. The summed E-state index contributed by atoms with van der Waals surface area (Å²) in [5, 5.41) is 4.83. The fraction of sp³-hybridized carbons (Fsp3) is 0.667. The molecule has 4 aliphatic rings. The predicted molar refractivity (Wildman–Crippen MR) is 121 cm³/mol. The van der Waals surface area contributed by atoms with Gasteiger partial charge in [-0.05, 0) is 64.1 Å². The van der Waals surface area contributed by atoms with Gasteiger partial charge in [-0.1, -0.05) is 0 Å². The molecule has 2 aromatic heterocycles. The molecule has 2 N–H and O–H groups in total. The number of alkyl halides is 2. The number of aromatic nitrogens is 3. The van der Waals surface area contributed by atoms with Crippen LogP contribution in [0.1, 0.15) is 50.8 Å². The van der Waals surface area contributed by atoms with Gasteiger partial charge in [0.15, 0.2) is 11.6 Å². The van der Waals surface area contributed by atoms with Gasteiger partial charge in [0.2, 0.25) is 0 Å². The second kappa shape index (κ2) is 7.63. The summed E-state index contributed by atoms with van der Waals surface area (Å²) in [5.41, 5.74) is 8.34. The number of fused-ring (bicyclic) bond motifs is 3. The Kier molecular flexibility index (Phi) is 4.92. The van der Waals surface area contributed by atoms with E-state index in [1.165, 1.54) is 44.1 Å². The molecule has 7 nitrogen and oxygen atoms in total. The number of halogens is 2. The van der Waals surface area contributed by atoms with Crippen LogP contribution in [-0.4, -0.2) is 69.4 Å². The van der Waals surface area contributed by atoms with Crippen LogP contribution in [0.2, 0.25) is 0 Å². The molecule has 0 aromatic carbocycles. The first-order valence-electron chi connectivity index (χ1n) is 12.1. The summed E-state index contributed by atoms with van der Waals surface area (Å²) < 4.78 is 32.1. The number of nitrogen functional groups attached to an aromatic ring is 1. The number of nitrogens with zero attached hydrogens (tertiary/aromatic N) is 5. The third-order valence-electron chi connectivity index (χ3n) is 8.43.